The normalized spacial score (nSPS) is 10.3. The molecule has 15 heavy (non-hydrogen) atoms. The lowest BCUT2D eigenvalue weighted by Gasteiger charge is -2.01. The summed E-state index contributed by atoms with van der Waals surface area (Å²) < 4.78 is 1.47. The molecule has 0 saturated heterocycles. The van der Waals surface area contributed by atoms with Gasteiger partial charge in [0.25, 0.3) is 0 Å². The highest BCUT2D eigenvalue weighted by Gasteiger charge is 2.09. The van der Waals surface area contributed by atoms with Crippen LogP contribution in [-0.4, -0.2) is 50.7 Å². The van der Waals surface area contributed by atoms with Crippen molar-refractivity contribution < 1.29 is 15.1 Å². The highest BCUT2D eigenvalue weighted by Crippen LogP contribution is 1.88. The van der Waals surface area contributed by atoms with E-state index in [-0.39, 0.29) is 12.4 Å². The molecule has 1 aromatic rings. The molecule has 0 aliphatic rings. The SMILES string of the molecule is O=C(NO)c1ncn(CCNCCO)n1. The van der Waals surface area contributed by atoms with E-state index in [1.165, 1.54) is 16.5 Å². The molecule has 1 amide bonds. The van der Waals surface area contributed by atoms with Gasteiger partial charge in [-0.05, 0) is 0 Å². The standard InChI is InChI=1S/C7H13N5O3/c13-4-2-8-1-3-12-5-9-6(10-12)7(14)11-15/h5,8,13,15H,1-4H2,(H,11,14). The number of nitrogens with zero attached hydrogens (tertiary/aromatic N) is 3. The molecule has 1 heterocycles. The molecule has 4 N–H and O–H groups in total. The van der Waals surface area contributed by atoms with Gasteiger partial charge in [0.15, 0.2) is 0 Å². The fourth-order valence-corrected chi connectivity index (χ4v) is 0.954. The Labute approximate surface area is 85.9 Å². The van der Waals surface area contributed by atoms with Gasteiger partial charge in [0.1, 0.15) is 6.33 Å². The molecule has 0 fully saturated rings. The summed E-state index contributed by atoms with van der Waals surface area (Å²) in [4.78, 5) is 14.5. The first-order chi connectivity index (χ1) is 7.27. The van der Waals surface area contributed by atoms with Gasteiger partial charge in [0.05, 0.1) is 13.2 Å². The van der Waals surface area contributed by atoms with E-state index >= 15 is 0 Å². The van der Waals surface area contributed by atoms with Gasteiger partial charge in [0, 0.05) is 13.1 Å². The molecule has 0 bridgehead atoms. The fraction of sp³-hybridized carbons (Fsp3) is 0.571. The molecule has 0 unspecified atom stereocenters. The van der Waals surface area contributed by atoms with E-state index in [2.05, 4.69) is 15.4 Å². The number of hydroxylamine groups is 1. The van der Waals surface area contributed by atoms with Crippen molar-refractivity contribution in [2.24, 2.45) is 0 Å². The molecule has 0 radical (unpaired) electrons. The minimum absolute atomic E-state index is 0.0789. The lowest BCUT2D eigenvalue weighted by molar-refractivity contribution is 0.0694. The first-order valence-electron chi connectivity index (χ1n) is 4.43. The summed E-state index contributed by atoms with van der Waals surface area (Å²) in [6, 6.07) is 0. The van der Waals surface area contributed by atoms with Gasteiger partial charge < -0.3 is 10.4 Å². The maximum atomic E-state index is 10.9. The van der Waals surface area contributed by atoms with Crippen LogP contribution in [0, 0.1) is 0 Å². The zero-order chi connectivity index (χ0) is 11.1. The van der Waals surface area contributed by atoms with Crippen molar-refractivity contribution in [1.82, 2.24) is 25.6 Å². The minimum Gasteiger partial charge on any atom is -0.395 e. The second-order valence-corrected chi connectivity index (χ2v) is 2.75. The third-order valence-electron chi connectivity index (χ3n) is 1.65. The molecule has 84 valence electrons. The molecule has 8 heteroatoms. The zero-order valence-corrected chi connectivity index (χ0v) is 8.05. The van der Waals surface area contributed by atoms with Crippen LogP contribution in [0.3, 0.4) is 0 Å². The number of aliphatic hydroxyl groups excluding tert-OH is 1. The summed E-state index contributed by atoms with van der Waals surface area (Å²) in [5, 5.41) is 23.6. The second-order valence-electron chi connectivity index (χ2n) is 2.75. The Morgan fingerprint density at radius 3 is 3.00 bits per heavy atom. The molecular weight excluding hydrogens is 202 g/mol. The van der Waals surface area contributed by atoms with Crippen LogP contribution in [0.1, 0.15) is 10.6 Å². The van der Waals surface area contributed by atoms with Crippen molar-refractivity contribution in [2.45, 2.75) is 6.54 Å². The van der Waals surface area contributed by atoms with E-state index in [1.807, 2.05) is 0 Å². The van der Waals surface area contributed by atoms with Crippen LogP contribution in [0.5, 0.6) is 0 Å². The Balaban J connectivity index is 2.36. The summed E-state index contributed by atoms with van der Waals surface area (Å²) >= 11 is 0. The van der Waals surface area contributed by atoms with Crippen molar-refractivity contribution in [2.75, 3.05) is 19.7 Å². The van der Waals surface area contributed by atoms with Gasteiger partial charge in [-0.25, -0.2) is 10.5 Å². The van der Waals surface area contributed by atoms with Gasteiger partial charge >= 0.3 is 5.91 Å². The van der Waals surface area contributed by atoms with Crippen LogP contribution >= 0.6 is 0 Å². The fourth-order valence-electron chi connectivity index (χ4n) is 0.954. The zero-order valence-electron chi connectivity index (χ0n) is 8.05. The number of amides is 1. The summed E-state index contributed by atoms with van der Waals surface area (Å²) in [5.74, 6) is -0.822. The number of carbonyl (C=O) groups is 1. The van der Waals surface area contributed by atoms with Crippen molar-refractivity contribution >= 4 is 5.91 Å². The van der Waals surface area contributed by atoms with E-state index in [0.717, 1.165) is 0 Å². The van der Waals surface area contributed by atoms with Crippen LogP contribution in [0.2, 0.25) is 0 Å². The molecule has 1 aromatic heterocycles. The Morgan fingerprint density at radius 2 is 2.33 bits per heavy atom. The van der Waals surface area contributed by atoms with Gasteiger partial charge in [-0.1, -0.05) is 0 Å². The first kappa shape index (κ1) is 11.6. The average Bonchev–Trinajstić information content (AvgIpc) is 2.72. The highest BCUT2D eigenvalue weighted by molar-refractivity contribution is 5.89. The summed E-state index contributed by atoms with van der Waals surface area (Å²) in [5.41, 5.74) is 1.45. The lowest BCUT2D eigenvalue weighted by Crippen LogP contribution is -2.24. The van der Waals surface area contributed by atoms with E-state index < -0.39 is 5.91 Å². The summed E-state index contributed by atoms with van der Waals surface area (Å²) in [7, 11) is 0. The average molecular weight is 215 g/mol. The number of carbonyl (C=O) groups excluding carboxylic acids is 1. The van der Waals surface area contributed by atoms with Gasteiger partial charge in [-0.15, -0.1) is 5.10 Å². The van der Waals surface area contributed by atoms with Crippen molar-refractivity contribution in [3.05, 3.63) is 12.2 Å². The van der Waals surface area contributed by atoms with Crippen LogP contribution in [0.4, 0.5) is 0 Å². The van der Waals surface area contributed by atoms with E-state index in [4.69, 9.17) is 10.3 Å². The lowest BCUT2D eigenvalue weighted by atomic mass is 10.6. The molecule has 0 atom stereocenters. The maximum absolute atomic E-state index is 10.9. The maximum Gasteiger partial charge on any atom is 0.314 e. The third-order valence-corrected chi connectivity index (χ3v) is 1.65. The molecule has 8 nitrogen and oxygen atoms in total. The van der Waals surface area contributed by atoms with Crippen molar-refractivity contribution in [3.8, 4) is 0 Å². The number of rotatable bonds is 6. The molecule has 0 aliphatic heterocycles. The van der Waals surface area contributed by atoms with E-state index in [1.54, 1.807) is 0 Å². The van der Waals surface area contributed by atoms with E-state index in [9.17, 15) is 4.79 Å². The highest BCUT2D eigenvalue weighted by atomic mass is 16.5. The van der Waals surface area contributed by atoms with Gasteiger partial charge in [-0.3, -0.25) is 14.7 Å². The van der Waals surface area contributed by atoms with E-state index in [0.29, 0.717) is 19.6 Å². The molecule has 0 spiro atoms. The minimum atomic E-state index is -0.739. The molecule has 0 aliphatic carbocycles. The summed E-state index contributed by atoms with van der Waals surface area (Å²) in [6.07, 6.45) is 1.39. The third kappa shape index (κ3) is 3.62. The smallest absolute Gasteiger partial charge is 0.314 e. The van der Waals surface area contributed by atoms with Crippen molar-refractivity contribution in [3.63, 3.8) is 0 Å². The molecular formula is C7H13N5O3. The topological polar surface area (TPSA) is 112 Å². The Bertz CT molecular complexity index is 313. The van der Waals surface area contributed by atoms with Gasteiger partial charge in [-0.2, -0.15) is 0 Å². The van der Waals surface area contributed by atoms with Crippen LogP contribution in [0.15, 0.2) is 6.33 Å². The number of aromatic nitrogens is 3. The van der Waals surface area contributed by atoms with Gasteiger partial charge in [0.2, 0.25) is 5.82 Å². The van der Waals surface area contributed by atoms with Crippen LogP contribution in [0.25, 0.3) is 0 Å². The Kier molecular flexibility index (Phi) is 4.68. The monoisotopic (exact) mass is 215 g/mol. The number of aliphatic hydroxyl groups is 1. The summed E-state index contributed by atoms with van der Waals surface area (Å²) in [6.45, 7) is 1.74. The Hall–Kier alpha value is -1.51. The first-order valence-corrected chi connectivity index (χ1v) is 4.43. The van der Waals surface area contributed by atoms with Crippen LogP contribution < -0.4 is 10.8 Å². The van der Waals surface area contributed by atoms with Crippen LogP contribution in [-0.2, 0) is 6.54 Å². The molecule has 0 saturated carbocycles. The second kappa shape index (κ2) is 6.06. The van der Waals surface area contributed by atoms with Crippen molar-refractivity contribution in [1.29, 1.82) is 0 Å². The molecule has 1 rings (SSSR count). The number of nitrogens with one attached hydrogen (secondary N) is 2. The molecule has 0 aromatic carbocycles. The predicted octanol–water partition coefficient (Wildman–Crippen LogP) is -2.02. The quantitative estimate of drug-likeness (QED) is 0.247. The Morgan fingerprint density at radius 1 is 1.53 bits per heavy atom. The number of hydrogen-bond donors (Lipinski definition) is 4. The largest absolute Gasteiger partial charge is 0.395 e. The number of hydrogen-bond acceptors (Lipinski definition) is 6. The predicted molar refractivity (Wildman–Crippen MR) is 49.2 cm³/mol.